The van der Waals surface area contributed by atoms with Crippen molar-refractivity contribution in [3.63, 3.8) is 0 Å². The van der Waals surface area contributed by atoms with E-state index in [1.165, 1.54) is 13.0 Å². The Kier molecular flexibility index (Phi) is 3.79. The molecule has 2 amide bonds. The molecule has 3 nitrogen and oxygen atoms in total. The Morgan fingerprint density at radius 2 is 1.94 bits per heavy atom. The summed E-state index contributed by atoms with van der Waals surface area (Å²) in [4.78, 5) is 11.6. The third kappa shape index (κ3) is 2.78. The van der Waals surface area contributed by atoms with Crippen LogP contribution < -0.4 is 10.6 Å². The quantitative estimate of drug-likeness (QED) is 0.835. The van der Waals surface area contributed by atoms with Gasteiger partial charge in [0.15, 0.2) is 5.82 Å². The van der Waals surface area contributed by atoms with Crippen molar-refractivity contribution in [1.29, 1.82) is 0 Å². The Hall–Kier alpha value is -1.65. The number of amides is 2. The van der Waals surface area contributed by atoms with E-state index in [2.05, 4.69) is 10.6 Å². The number of carbonyl (C=O) groups excluding carboxylic acids is 1. The maximum absolute atomic E-state index is 13.7. The summed E-state index contributed by atoms with van der Waals surface area (Å²) >= 11 is 0. The summed E-state index contributed by atoms with van der Waals surface area (Å²) in [6.45, 7) is 1.52. The fraction of sp³-hybridized carbons (Fsp3) is 0.462. The van der Waals surface area contributed by atoms with Gasteiger partial charge in [0.1, 0.15) is 11.5 Å². The highest BCUT2D eigenvalue weighted by Crippen LogP contribution is 2.22. The third-order valence-electron chi connectivity index (χ3n) is 3.21. The molecule has 18 heavy (non-hydrogen) atoms. The lowest BCUT2D eigenvalue weighted by atomic mass is 10.2. The molecule has 0 bridgehead atoms. The predicted octanol–water partition coefficient (Wildman–Crippen LogP) is 3.34. The molecule has 0 atom stereocenters. The summed E-state index contributed by atoms with van der Waals surface area (Å²) < 4.78 is 27.1. The van der Waals surface area contributed by atoms with E-state index in [1.807, 2.05) is 0 Å². The van der Waals surface area contributed by atoms with Crippen molar-refractivity contribution in [2.45, 2.75) is 38.6 Å². The second-order valence-corrected chi connectivity index (χ2v) is 4.63. The molecular formula is C13H16F2N2O. The van der Waals surface area contributed by atoms with E-state index in [0.29, 0.717) is 5.56 Å². The van der Waals surface area contributed by atoms with Gasteiger partial charge in [-0.15, -0.1) is 0 Å². The maximum Gasteiger partial charge on any atom is 0.319 e. The van der Waals surface area contributed by atoms with Crippen molar-refractivity contribution >= 4 is 11.7 Å². The Balaban J connectivity index is 2.04. The summed E-state index contributed by atoms with van der Waals surface area (Å²) in [5.74, 6) is -1.49. The molecule has 0 heterocycles. The number of halogens is 2. The fourth-order valence-electron chi connectivity index (χ4n) is 2.18. The lowest BCUT2D eigenvalue weighted by molar-refractivity contribution is 0.248. The molecule has 1 aromatic rings. The van der Waals surface area contributed by atoms with Crippen LogP contribution in [0.2, 0.25) is 0 Å². The topological polar surface area (TPSA) is 41.1 Å². The zero-order chi connectivity index (χ0) is 13.1. The first-order valence-electron chi connectivity index (χ1n) is 6.10. The van der Waals surface area contributed by atoms with Gasteiger partial charge in [0, 0.05) is 6.04 Å². The van der Waals surface area contributed by atoms with E-state index in [1.54, 1.807) is 0 Å². The molecule has 0 spiro atoms. The Bertz CT molecular complexity index is 457. The number of aryl methyl sites for hydroxylation is 1. The number of nitrogens with one attached hydrogen (secondary N) is 2. The number of hydrogen-bond donors (Lipinski definition) is 2. The Labute approximate surface area is 105 Å². The average Bonchev–Trinajstić information content (AvgIpc) is 2.82. The van der Waals surface area contributed by atoms with E-state index >= 15 is 0 Å². The Morgan fingerprint density at radius 1 is 1.28 bits per heavy atom. The first kappa shape index (κ1) is 12.8. The molecule has 1 fully saturated rings. The van der Waals surface area contributed by atoms with E-state index in [4.69, 9.17) is 0 Å². The van der Waals surface area contributed by atoms with Crippen LogP contribution in [0.3, 0.4) is 0 Å². The molecule has 1 aromatic carbocycles. The number of hydrogen-bond acceptors (Lipinski definition) is 1. The third-order valence-corrected chi connectivity index (χ3v) is 3.21. The van der Waals surface area contributed by atoms with Crippen molar-refractivity contribution in [1.82, 2.24) is 5.32 Å². The zero-order valence-corrected chi connectivity index (χ0v) is 10.2. The van der Waals surface area contributed by atoms with Gasteiger partial charge < -0.3 is 10.6 Å². The maximum atomic E-state index is 13.7. The number of benzene rings is 1. The monoisotopic (exact) mass is 254 g/mol. The minimum absolute atomic E-state index is 0.112. The molecule has 1 aliphatic carbocycles. The number of anilines is 1. The molecule has 0 aromatic heterocycles. The molecule has 0 unspecified atom stereocenters. The second-order valence-electron chi connectivity index (χ2n) is 4.63. The fourth-order valence-corrected chi connectivity index (χ4v) is 2.18. The largest absolute Gasteiger partial charge is 0.335 e. The van der Waals surface area contributed by atoms with Gasteiger partial charge in [0.05, 0.1) is 0 Å². The van der Waals surface area contributed by atoms with Gasteiger partial charge in [-0.05, 0) is 31.4 Å². The van der Waals surface area contributed by atoms with Gasteiger partial charge in [0.25, 0.3) is 0 Å². The van der Waals surface area contributed by atoms with E-state index in [0.717, 1.165) is 31.7 Å². The van der Waals surface area contributed by atoms with Crippen LogP contribution in [0.5, 0.6) is 0 Å². The summed E-state index contributed by atoms with van der Waals surface area (Å²) in [5.41, 5.74) is -0.0851. The second kappa shape index (κ2) is 5.33. The highest BCUT2D eigenvalue weighted by atomic mass is 19.1. The molecule has 1 aliphatic rings. The smallest absolute Gasteiger partial charge is 0.319 e. The zero-order valence-electron chi connectivity index (χ0n) is 10.2. The first-order chi connectivity index (χ1) is 8.58. The molecule has 2 rings (SSSR count). The summed E-state index contributed by atoms with van der Waals surface area (Å²) in [6.07, 6.45) is 4.01. The van der Waals surface area contributed by atoms with Crippen LogP contribution in [0.1, 0.15) is 31.2 Å². The molecular weight excluding hydrogens is 238 g/mol. The van der Waals surface area contributed by atoms with Gasteiger partial charge >= 0.3 is 6.03 Å². The predicted molar refractivity (Wildman–Crippen MR) is 65.5 cm³/mol. The van der Waals surface area contributed by atoms with Crippen LogP contribution in [-0.4, -0.2) is 12.1 Å². The molecule has 1 saturated carbocycles. The van der Waals surface area contributed by atoms with Crippen LogP contribution in [0.25, 0.3) is 0 Å². The summed E-state index contributed by atoms with van der Waals surface area (Å²) in [6, 6.07) is 2.04. The van der Waals surface area contributed by atoms with Crippen molar-refractivity contribution in [3.8, 4) is 0 Å². The van der Waals surface area contributed by atoms with E-state index in [9.17, 15) is 13.6 Å². The van der Waals surface area contributed by atoms with Gasteiger partial charge in [-0.2, -0.15) is 0 Å². The highest BCUT2D eigenvalue weighted by molar-refractivity contribution is 5.89. The SMILES string of the molecule is Cc1ccc(F)c(NC(=O)NC2CCCC2)c1F. The van der Waals surface area contributed by atoms with Crippen molar-refractivity contribution in [2.24, 2.45) is 0 Å². The van der Waals surface area contributed by atoms with Crippen LogP contribution in [0.4, 0.5) is 19.3 Å². The lowest BCUT2D eigenvalue weighted by Crippen LogP contribution is -2.36. The number of carbonyl (C=O) groups is 1. The molecule has 2 N–H and O–H groups in total. The van der Waals surface area contributed by atoms with Crippen LogP contribution in [0.15, 0.2) is 12.1 Å². The van der Waals surface area contributed by atoms with Gasteiger partial charge in [0.2, 0.25) is 0 Å². The van der Waals surface area contributed by atoms with E-state index < -0.39 is 17.7 Å². The minimum atomic E-state index is -0.764. The van der Waals surface area contributed by atoms with Gasteiger partial charge in [-0.1, -0.05) is 18.9 Å². The number of rotatable bonds is 2. The summed E-state index contributed by atoms with van der Waals surface area (Å²) in [5, 5.41) is 4.96. The molecule has 0 saturated heterocycles. The molecule has 5 heteroatoms. The standard InChI is InChI=1S/C13H16F2N2O/c1-8-6-7-10(14)12(11(8)15)17-13(18)16-9-4-2-3-5-9/h6-7,9H,2-5H2,1H3,(H2,16,17,18). The molecule has 0 aliphatic heterocycles. The first-order valence-corrected chi connectivity index (χ1v) is 6.10. The minimum Gasteiger partial charge on any atom is -0.335 e. The van der Waals surface area contributed by atoms with Gasteiger partial charge in [-0.25, -0.2) is 13.6 Å². The van der Waals surface area contributed by atoms with Crippen molar-refractivity contribution in [3.05, 3.63) is 29.3 Å². The normalized spacial score (nSPS) is 15.7. The highest BCUT2D eigenvalue weighted by Gasteiger charge is 2.19. The molecule has 0 radical (unpaired) electrons. The van der Waals surface area contributed by atoms with Crippen molar-refractivity contribution < 1.29 is 13.6 Å². The Morgan fingerprint density at radius 3 is 2.61 bits per heavy atom. The lowest BCUT2D eigenvalue weighted by Gasteiger charge is -2.14. The van der Waals surface area contributed by atoms with Gasteiger partial charge in [-0.3, -0.25) is 0 Å². The number of urea groups is 1. The van der Waals surface area contributed by atoms with Crippen LogP contribution in [-0.2, 0) is 0 Å². The van der Waals surface area contributed by atoms with Crippen molar-refractivity contribution in [2.75, 3.05) is 5.32 Å². The van der Waals surface area contributed by atoms with Crippen LogP contribution in [0, 0.1) is 18.6 Å². The summed E-state index contributed by atoms with van der Waals surface area (Å²) in [7, 11) is 0. The average molecular weight is 254 g/mol. The van der Waals surface area contributed by atoms with Crippen LogP contribution >= 0.6 is 0 Å². The van der Waals surface area contributed by atoms with E-state index in [-0.39, 0.29) is 11.7 Å². The molecule has 98 valence electrons.